The minimum atomic E-state index is -0.171. The third-order valence-electron chi connectivity index (χ3n) is 4.94. The lowest BCUT2D eigenvalue weighted by molar-refractivity contribution is 0.0953. The number of rotatable bonds is 9. The summed E-state index contributed by atoms with van der Waals surface area (Å²) in [5.74, 6) is 1.44. The molecule has 33 heavy (non-hydrogen) atoms. The minimum absolute atomic E-state index is 0.171. The van der Waals surface area contributed by atoms with E-state index >= 15 is 0 Å². The Morgan fingerprint density at radius 2 is 1.82 bits per heavy atom. The first-order valence-electron chi connectivity index (χ1n) is 10.6. The Morgan fingerprint density at radius 1 is 1.00 bits per heavy atom. The second-order valence-corrected chi connectivity index (χ2v) is 8.27. The number of aromatic amines is 1. The van der Waals surface area contributed by atoms with Crippen LogP contribution in [0.3, 0.4) is 0 Å². The molecule has 6 nitrogen and oxygen atoms in total. The van der Waals surface area contributed by atoms with Gasteiger partial charge in [-0.15, -0.1) is 0 Å². The number of ether oxygens (including phenoxy) is 2. The van der Waals surface area contributed by atoms with Crippen molar-refractivity contribution in [1.29, 1.82) is 0 Å². The molecule has 2 N–H and O–H groups in total. The molecule has 0 aliphatic carbocycles. The number of amides is 1. The van der Waals surface area contributed by atoms with E-state index in [0.717, 1.165) is 23.0 Å². The highest BCUT2D eigenvalue weighted by Crippen LogP contribution is 2.31. The predicted octanol–water partition coefficient (Wildman–Crippen LogP) is 6.17. The third-order valence-corrected chi connectivity index (χ3v) is 5.53. The number of benzene rings is 3. The van der Waals surface area contributed by atoms with Crippen molar-refractivity contribution >= 4 is 40.1 Å². The molecule has 0 aliphatic rings. The molecule has 0 fully saturated rings. The van der Waals surface area contributed by atoms with Crippen LogP contribution >= 0.6 is 23.2 Å². The fourth-order valence-corrected chi connectivity index (χ4v) is 3.70. The standard InChI is InChI=1S/C25H23Cl2N3O3/c1-2-11-28-25(31)16-8-10-22(33-15-24-29-20-5-3-4-6-21(20)30-24)23(12-16)32-14-17-7-9-18(26)13-19(17)27/h3-10,12-13H,2,11,14-15H2,1H3,(H,28,31)(H,29,30). The van der Waals surface area contributed by atoms with E-state index in [4.69, 9.17) is 32.7 Å². The van der Waals surface area contributed by atoms with Gasteiger partial charge in [-0.2, -0.15) is 0 Å². The molecular weight excluding hydrogens is 461 g/mol. The number of imidazole rings is 1. The van der Waals surface area contributed by atoms with Gasteiger partial charge in [-0.25, -0.2) is 4.98 Å². The molecule has 8 heteroatoms. The van der Waals surface area contributed by atoms with Crippen LogP contribution < -0.4 is 14.8 Å². The zero-order valence-corrected chi connectivity index (χ0v) is 19.5. The summed E-state index contributed by atoms with van der Waals surface area (Å²) in [5.41, 5.74) is 3.06. The first kappa shape index (κ1) is 23.0. The Balaban J connectivity index is 1.55. The van der Waals surface area contributed by atoms with Gasteiger partial charge in [-0.1, -0.05) is 48.3 Å². The first-order valence-corrected chi connectivity index (χ1v) is 11.3. The van der Waals surface area contributed by atoms with Crippen molar-refractivity contribution in [2.45, 2.75) is 26.6 Å². The number of carbonyl (C=O) groups excluding carboxylic acids is 1. The molecule has 1 heterocycles. The molecule has 0 atom stereocenters. The lowest BCUT2D eigenvalue weighted by Gasteiger charge is -2.14. The molecule has 4 rings (SSSR count). The van der Waals surface area contributed by atoms with E-state index in [9.17, 15) is 4.79 Å². The summed E-state index contributed by atoms with van der Waals surface area (Å²) in [6, 6.07) is 18.1. The Morgan fingerprint density at radius 3 is 2.61 bits per heavy atom. The maximum atomic E-state index is 12.5. The zero-order chi connectivity index (χ0) is 23.2. The van der Waals surface area contributed by atoms with Gasteiger partial charge >= 0.3 is 0 Å². The van der Waals surface area contributed by atoms with Gasteiger partial charge in [0.15, 0.2) is 11.5 Å². The van der Waals surface area contributed by atoms with E-state index < -0.39 is 0 Å². The number of H-pyrrole nitrogens is 1. The van der Waals surface area contributed by atoms with Crippen molar-refractivity contribution in [1.82, 2.24) is 15.3 Å². The summed E-state index contributed by atoms with van der Waals surface area (Å²) in [7, 11) is 0. The second-order valence-electron chi connectivity index (χ2n) is 7.43. The second kappa shape index (κ2) is 10.6. The van der Waals surface area contributed by atoms with Crippen molar-refractivity contribution in [3.63, 3.8) is 0 Å². The zero-order valence-electron chi connectivity index (χ0n) is 18.0. The summed E-state index contributed by atoms with van der Waals surface area (Å²) in [5, 5.41) is 3.92. The molecule has 1 amide bonds. The highest BCUT2D eigenvalue weighted by atomic mass is 35.5. The lowest BCUT2D eigenvalue weighted by Crippen LogP contribution is -2.23. The normalized spacial score (nSPS) is 10.9. The molecule has 0 radical (unpaired) electrons. The van der Waals surface area contributed by atoms with Crippen LogP contribution in [0.5, 0.6) is 11.5 Å². The Kier molecular flexibility index (Phi) is 7.37. The van der Waals surface area contributed by atoms with Gasteiger partial charge in [-0.05, 0) is 48.9 Å². The van der Waals surface area contributed by atoms with Crippen LogP contribution in [-0.4, -0.2) is 22.4 Å². The number of nitrogens with one attached hydrogen (secondary N) is 2. The van der Waals surface area contributed by atoms with Gasteiger partial charge in [-0.3, -0.25) is 4.79 Å². The minimum Gasteiger partial charge on any atom is -0.485 e. The van der Waals surface area contributed by atoms with Crippen LogP contribution in [0.15, 0.2) is 60.7 Å². The number of hydrogen-bond acceptors (Lipinski definition) is 4. The van der Waals surface area contributed by atoms with E-state index in [1.165, 1.54) is 0 Å². The Bertz CT molecular complexity index is 1240. The maximum Gasteiger partial charge on any atom is 0.251 e. The van der Waals surface area contributed by atoms with E-state index in [1.807, 2.05) is 31.2 Å². The highest BCUT2D eigenvalue weighted by Gasteiger charge is 2.14. The SMILES string of the molecule is CCCNC(=O)c1ccc(OCc2nc3ccccc3[nH]2)c(OCc2ccc(Cl)cc2Cl)c1. The van der Waals surface area contributed by atoms with E-state index in [1.54, 1.807) is 36.4 Å². The fourth-order valence-electron chi connectivity index (χ4n) is 3.24. The molecule has 1 aromatic heterocycles. The molecule has 0 bridgehead atoms. The number of hydrogen-bond donors (Lipinski definition) is 2. The average molecular weight is 484 g/mol. The van der Waals surface area contributed by atoms with Crippen LogP contribution in [0, 0.1) is 0 Å². The summed E-state index contributed by atoms with van der Waals surface area (Å²) in [6.45, 7) is 3.00. The summed E-state index contributed by atoms with van der Waals surface area (Å²) in [6.07, 6.45) is 0.850. The van der Waals surface area contributed by atoms with E-state index in [2.05, 4.69) is 15.3 Å². The number of halogens is 2. The van der Waals surface area contributed by atoms with Gasteiger partial charge in [0.25, 0.3) is 5.91 Å². The topological polar surface area (TPSA) is 76.2 Å². The van der Waals surface area contributed by atoms with Gasteiger partial charge in [0, 0.05) is 27.7 Å². The van der Waals surface area contributed by atoms with Crippen LogP contribution in [0.2, 0.25) is 10.0 Å². The Hall–Kier alpha value is -3.22. The number of fused-ring (bicyclic) bond motifs is 1. The summed E-state index contributed by atoms with van der Waals surface area (Å²) in [4.78, 5) is 20.2. The van der Waals surface area contributed by atoms with Crippen molar-refractivity contribution in [3.05, 3.63) is 87.7 Å². The first-order chi connectivity index (χ1) is 16.0. The highest BCUT2D eigenvalue weighted by molar-refractivity contribution is 6.35. The average Bonchev–Trinajstić information content (AvgIpc) is 3.24. The van der Waals surface area contributed by atoms with Gasteiger partial charge in [0.05, 0.1) is 11.0 Å². The van der Waals surface area contributed by atoms with Crippen LogP contribution in [0.1, 0.15) is 35.1 Å². The van der Waals surface area contributed by atoms with Gasteiger partial charge in [0.1, 0.15) is 19.0 Å². The number of carbonyl (C=O) groups is 1. The maximum absolute atomic E-state index is 12.5. The van der Waals surface area contributed by atoms with Crippen LogP contribution in [0.25, 0.3) is 11.0 Å². The van der Waals surface area contributed by atoms with Crippen LogP contribution in [-0.2, 0) is 13.2 Å². The predicted molar refractivity (Wildman–Crippen MR) is 130 cm³/mol. The Labute approximate surface area is 201 Å². The van der Waals surface area contributed by atoms with Crippen molar-refractivity contribution in [3.8, 4) is 11.5 Å². The fraction of sp³-hybridized carbons (Fsp3) is 0.200. The molecule has 0 saturated heterocycles. The largest absolute Gasteiger partial charge is 0.485 e. The van der Waals surface area contributed by atoms with Gasteiger partial charge in [0.2, 0.25) is 0 Å². The van der Waals surface area contributed by atoms with Gasteiger partial charge < -0.3 is 19.8 Å². The number of aromatic nitrogens is 2. The molecule has 0 spiro atoms. The summed E-state index contributed by atoms with van der Waals surface area (Å²) < 4.78 is 12.0. The molecule has 4 aromatic rings. The van der Waals surface area contributed by atoms with E-state index in [-0.39, 0.29) is 19.1 Å². The lowest BCUT2D eigenvalue weighted by atomic mass is 10.2. The monoisotopic (exact) mass is 483 g/mol. The van der Waals surface area contributed by atoms with E-state index in [0.29, 0.717) is 39.5 Å². The van der Waals surface area contributed by atoms with Crippen molar-refractivity contribution in [2.24, 2.45) is 0 Å². The smallest absolute Gasteiger partial charge is 0.251 e. The number of nitrogens with zero attached hydrogens (tertiary/aromatic N) is 1. The van der Waals surface area contributed by atoms with Crippen molar-refractivity contribution < 1.29 is 14.3 Å². The molecule has 170 valence electrons. The summed E-state index contributed by atoms with van der Waals surface area (Å²) >= 11 is 12.3. The molecule has 0 saturated carbocycles. The molecule has 3 aromatic carbocycles. The molecule has 0 aliphatic heterocycles. The van der Waals surface area contributed by atoms with Crippen molar-refractivity contribution in [2.75, 3.05) is 6.54 Å². The van der Waals surface area contributed by atoms with Crippen LogP contribution in [0.4, 0.5) is 0 Å². The molecule has 0 unspecified atom stereocenters. The quantitative estimate of drug-likeness (QED) is 0.298. The molecular formula is C25H23Cl2N3O3. The number of para-hydroxylation sites is 2. The third kappa shape index (κ3) is 5.78.